The first-order chi connectivity index (χ1) is 36.9. The number of hydrogen-bond donors (Lipinski definition) is 14. The average molecular weight is 1100 g/mol. The number of nitrogens with zero attached hydrogens (tertiary/aromatic N) is 2. The average Bonchev–Trinajstić information content (AvgIpc) is 4.08. The molecule has 8 amide bonds. The van der Waals surface area contributed by atoms with E-state index in [0.29, 0.717) is 16.8 Å². The number of H-pyrrole nitrogens is 2. The van der Waals surface area contributed by atoms with Crippen LogP contribution in [0.25, 0.3) is 10.9 Å². The third kappa shape index (κ3) is 17.8. The number of primary amides is 1. The topological polar surface area (TPSA) is 402 Å². The molecule has 5 aromatic rings. The van der Waals surface area contributed by atoms with Crippen molar-refractivity contribution in [1.82, 2.24) is 52.2 Å². The molecule has 3 aromatic carbocycles. The molecule has 26 heteroatoms. The van der Waals surface area contributed by atoms with Crippen molar-refractivity contribution in [3.63, 3.8) is 0 Å². The third-order valence-electron chi connectivity index (χ3n) is 12.4. The van der Waals surface area contributed by atoms with Crippen LogP contribution in [0.5, 0.6) is 0 Å². The molecule has 3 heterocycles. The summed E-state index contributed by atoms with van der Waals surface area (Å²) in [5.74, 6) is -7.48. The highest BCUT2D eigenvalue weighted by atomic mass is 33.1. The molecule has 1 fully saturated rings. The van der Waals surface area contributed by atoms with Crippen molar-refractivity contribution in [2.75, 3.05) is 18.1 Å². The first-order valence-corrected chi connectivity index (χ1v) is 27.2. The maximum Gasteiger partial charge on any atom is 0.244 e. The summed E-state index contributed by atoms with van der Waals surface area (Å²) in [6.07, 6.45) is 2.87. The van der Waals surface area contributed by atoms with Crippen molar-refractivity contribution < 1.29 is 43.5 Å². The van der Waals surface area contributed by atoms with Gasteiger partial charge in [-0.25, -0.2) is 4.98 Å². The van der Waals surface area contributed by atoms with Gasteiger partial charge >= 0.3 is 0 Å². The highest BCUT2D eigenvalue weighted by Crippen LogP contribution is 2.25. The molecule has 0 radical (unpaired) electrons. The number of nitrogens with one attached hydrogen (secondary N) is 9. The van der Waals surface area contributed by atoms with Crippen molar-refractivity contribution in [2.45, 2.75) is 99.9 Å². The lowest BCUT2D eigenvalue weighted by Crippen LogP contribution is -2.61. The number of carbonyl (C=O) groups is 8. The molecule has 2 aromatic heterocycles. The van der Waals surface area contributed by atoms with Gasteiger partial charge in [0.1, 0.15) is 42.3 Å². The maximum atomic E-state index is 14.7. The molecular weight excluding hydrogens is 1030 g/mol. The number of aliphatic hydroxyl groups excluding tert-OH is 1. The number of amides is 8. The predicted octanol–water partition coefficient (Wildman–Crippen LogP) is -1.80. The van der Waals surface area contributed by atoms with Gasteiger partial charge in [-0.2, -0.15) is 0 Å². The molecule has 1 aliphatic heterocycles. The summed E-state index contributed by atoms with van der Waals surface area (Å²) in [5, 5.41) is 30.0. The second-order valence-corrected chi connectivity index (χ2v) is 20.9. The van der Waals surface area contributed by atoms with E-state index in [9.17, 15) is 43.5 Å². The summed E-state index contributed by atoms with van der Waals surface area (Å²) in [6.45, 7) is 1.29. The minimum absolute atomic E-state index is 0.0477. The van der Waals surface area contributed by atoms with Crippen LogP contribution in [-0.2, 0) is 64.0 Å². The highest BCUT2D eigenvalue weighted by molar-refractivity contribution is 8.76. The summed E-state index contributed by atoms with van der Waals surface area (Å²) in [6, 6.07) is 13.8. The zero-order valence-electron chi connectivity index (χ0n) is 42.1. The molecule has 18 N–H and O–H groups in total. The Hall–Kier alpha value is -7.94. The number of aromatic amines is 2. The van der Waals surface area contributed by atoms with Gasteiger partial charge in [0.15, 0.2) is 5.96 Å². The summed E-state index contributed by atoms with van der Waals surface area (Å²) in [5.41, 5.74) is 26.3. The highest BCUT2D eigenvalue weighted by Gasteiger charge is 2.36. The normalized spacial score (nSPS) is 21.4. The Balaban J connectivity index is 1.42. The fraction of sp³-hybridized carbons (Fsp3) is 0.373. The number of nitrogens with two attached hydrogens (primary N) is 4. The van der Waals surface area contributed by atoms with E-state index in [4.69, 9.17) is 22.9 Å². The molecule has 410 valence electrons. The van der Waals surface area contributed by atoms with Gasteiger partial charge < -0.3 is 75.2 Å². The number of carbonyl (C=O) groups excluding carboxylic acids is 8. The first-order valence-electron chi connectivity index (χ1n) is 24.7. The third-order valence-corrected chi connectivity index (χ3v) is 14.8. The Morgan fingerprint density at radius 1 is 0.727 bits per heavy atom. The Bertz CT molecular complexity index is 2830. The van der Waals surface area contributed by atoms with E-state index in [1.165, 1.54) is 19.4 Å². The fourth-order valence-corrected chi connectivity index (χ4v) is 10.6. The number of benzene rings is 3. The fourth-order valence-electron chi connectivity index (χ4n) is 8.27. The molecule has 0 saturated carbocycles. The van der Waals surface area contributed by atoms with Crippen molar-refractivity contribution in [3.05, 3.63) is 126 Å². The number of guanidine groups is 1. The maximum absolute atomic E-state index is 14.7. The number of aromatic nitrogens is 3. The molecule has 0 bridgehead atoms. The van der Waals surface area contributed by atoms with Crippen molar-refractivity contribution in [1.29, 1.82) is 0 Å². The summed E-state index contributed by atoms with van der Waals surface area (Å²) in [4.78, 5) is 128. The monoisotopic (exact) mass is 1100 g/mol. The number of rotatable bonds is 18. The van der Waals surface area contributed by atoms with Crippen LogP contribution in [0.2, 0.25) is 0 Å². The molecule has 0 unspecified atom stereocenters. The lowest BCUT2D eigenvalue weighted by molar-refractivity contribution is -0.135. The molecule has 6 rings (SSSR count). The number of imidazole rings is 1. The van der Waals surface area contributed by atoms with Crippen LogP contribution in [0, 0.1) is 0 Å². The summed E-state index contributed by atoms with van der Waals surface area (Å²) >= 11 is 0. The first kappa shape index (κ1) is 58.3. The van der Waals surface area contributed by atoms with Gasteiger partial charge in [0, 0.05) is 66.3 Å². The molecule has 1 saturated heterocycles. The van der Waals surface area contributed by atoms with Gasteiger partial charge in [0.25, 0.3) is 0 Å². The Labute approximate surface area is 451 Å². The molecule has 9 atom stereocenters. The molecule has 0 aliphatic carbocycles. The van der Waals surface area contributed by atoms with Crippen LogP contribution in [0.4, 0.5) is 0 Å². The molecule has 77 heavy (non-hydrogen) atoms. The number of aliphatic imine (C=N–C) groups is 1. The van der Waals surface area contributed by atoms with Crippen LogP contribution in [-0.4, -0.2) is 146 Å². The van der Waals surface area contributed by atoms with Crippen LogP contribution < -0.4 is 60.2 Å². The minimum Gasteiger partial charge on any atom is -0.391 e. The zero-order chi connectivity index (χ0) is 55.4. The van der Waals surface area contributed by atoms with Gasteiger partial charge in [0.05, 0.1) is 18.5 Å². The smallest absolute Gasteiger partial charge is 0.244 e. The number of aliphatic hydroxyl groups is 1. The molecule has 0 spiro atoms. The second kappa shape index (κ2) is 28.8. The Kier molecular flexibility index (Phi) is 21.8. The quantitative estimate of drug-likeness (QED) is 0.0199. The predicted molar refractivity (Wildman–Crippen MR) is 292 cm³/mol. The van der Waals surface area contributed by atoms with E-state index < -0.39 is 102 Å². The van der Waals surface area contributed by atoms with Crippen LogP contribution >= 0.6 is 21.6 Å². The van der Waals surface area contributed by atoms with Crippen LogP contribution in [0.3, 0.4) is 0 Å². The Morgan fingerprint density at radius 3 is 1.96 bits per heavy atom. The molecular formula is C51H65N15O9S2. The SMILES string of the molecule is C[C@@H](O)[C@H](NC(=O)[C@@H]1CSSC[C@H](NC(=O)[C@H](N)Cc2ccccc2)C(=O)N[C@@H](Cc2cnc[nH]2)C(=O)N[C@H](Cc2ccccc2)C(=O)N[C@@H](CCCN=C(N)N)C(=O)N[C@@H](Cc2c[nH]c3ccccc23)C(=O)N1)C(N)=O. The standard InChI is InChI=1S/C51H65N15O9S2/c1-28(67)42(43(53)68)66-50(75)41-26-77-76-25-40(64-44(69)34(52)19-29-11-4-2-5-12-29)49(74)63-39(22-32-24-56-27-59-32)48(73)61-37(20-30-13-6-3-7-14-30)46(71)60-36(17-10-18-57-51(54)55)45(70)62-38(47(72)65-41)21-31-23-58-35-16-9-8-15-33(31)35/h2-9,11-16,23-24,27-28,34,36-42,58,67H,10,17-22,25-26,52H2,1H3,(H2,53,68)(H,56,59)(H,60,71)(H,61,73)(H,62,70)(H,63,74)(H,64,69)(H,65,72)(H,66,75)(H4,54,55,57)/t28-,34-,36+,37-,38+,39+,40+,41+,42+/m1/s1. The van der Waals surface area contributed by atoms with E-state index in [1.807, 2.05) is 24.3 Å². The lowest BCUT2D eigenvalue weighted by Gasteiger charge is -2.28. The molecule has 1 aliphatic rings. The van der Waals surface area contributed by atoms with E-state index in [-0.39, 0.29) is 62.5 Å². The van der Waals surface area contributed by atoms with Gasteiger partial charge in [0.2, 0.25) is 47.3 Å². The summed E-state index contributed by atoms with van der Waals surface area (Å²) in [7, 11) is 2.01. The second-order valence-electron chi connectivity index (χ2n) is 18.3. The van der Waals surface area contributed by atoms with Crippen molar-refractivity contribution >= 4 is 85.7 Å². The van der Waals surface area contributed by atoms with Crippen molar-refractivity contribution in [3.8, 4) is 0 Å². The van der Waals surface area contributed by atoms with Gasteiger partial charge in [-0.3, -0.25) is 43.3 Å². The zero-order valence-corrected chi connectivity index (χ0v) is 43.7. The Morgan fingerprint density at radius 2 is 1.31 bits per heavy atom. The number of para-hydroxylation sites is 1. The van der Waals surface area contributed by atoms with E-state index >= 15 is 0 Å². The van der Waals surface area contributed by atoms with Crippen LogP contribution in [0.1, 0.15) is 42.1 Å². The van der Waals surface area contributed by atoms with Gasteiger partial charge in [-0.1, -0.05) is 100 Å². The minimum atomic E-state index is -1.58. The number of hydrogen-bond acceptors (Lipinski definition) is 14. The molecule has 24 nitrogen and oxygen atoms in total. The lowest BCUT2D eigenvalue weighted by atomic mass is 10.0. The van der Waals surface area contributed by atoms with E-state index in [0.717, 1.165) is 38.1 Å². The van der Waals surface area contributed by atoms with Gasteiger partial charge in [-0.05, 0) is 48.9 Å². The van der Waals surface area contributed by atoms with Crippen LogP contribution in [0.15, 0.2) is 109 Å². The number of fused-ring (bicyclic) bond motifs is 1. The summed E-state index contributed by atoms with van der Waals surface area (Å²) < 4.78 is 0. The van der Waals surface area contributed by atoms with E-state index in [1.54, 1.807) is 66.9 Å². The van der Waals surface area contributed by atoms with E-state index in [2.05, 4.69) is 57.2 Å². The largest absolute Gasteiger partial charge is 0.391 e. The van der Waals surface area contributed by atoms with Gasteiger partial charge in [-0.15, -0.1) is 0 Å². The van der Waals surface area contributed by atoms with Crippen molar-refractivity contribution in [2.24, 2.45) is 27.9 Å².